The third kappa shape index (κ3) is 1.85. The van der Waals surface area contributed by atoms with Crippen molar-refractivity contribution in [1.29, 1.82) is 0 Å². The summed E-state index contributed by atoms with van der Waals surface area (Å²) in [6, 6.07) is 6.57. The van der Waals surface area contributed by atoms with E-state index in [2.05, 4.69) is 32.3 Å². The lowest BCUT2D eigenvalue weighted by Crippen LogP contribution is -2.13. The lowest BCUT2D eigenvalue weighted by atomic mass is 10.1. The van der Waals surface area contributed by atoms with Gasteiger partial charge in [-0.1, -0.05) is 0 Å². The Morgan fingerprint density at radius 2 is 2.29 bits per heavy atom. The van der Waals surface area contributed by atoms with Crippen LogP contribution in [-0.2, 0) is 0 Å². The number of aromatic amines is 1. The summed E-state index contributed by atoms with van der Waals surface area (Å²) in [6.45, 7) is 1.11. The summed E-state index contributed by atoms with van der Waals surface area (Å²) in [6.07, 6.45) is 2.44. The third-order valence-corrected chi connectivity index (χ3v) is 4.23. The molecule has 0 spiro atoms. The van der Waals surface area contributed by atoms with Crippen LogP contribution in [-0.4, -0.2) is 18.6 Å². The number of aromatic nitrogens is 1. The second-order valence-electron chi connectivity index (χ2n) is 4.41. The third-order valence-electron chi connectivity index (χ3n) is 3.38. The fourth-order valence-corrected chi connectivity index (χ4v) is 3.18. The summed E-state index contributed by atoms with van der Waals surface area (Å²) in [5, 5.41) is 4.73. The van der Waals surface area contributed by atoms with E-state index in [1.807, 2.05) is 12.1 Å². The van der Waals surface area contributed by atoms with Crippen molar-refractivity contribution in [2.24, 2.45) is 0 Å². The number of hydrogen-bond donors (Lipinski definition) is 2. The molecule has 90 valence electrons. The van der Waals surface area contributed by atoms with Gasteiger partial charge in [0.2, 0.25) is 0 Å². The molecule has 1 aromatic carbocycles. The van der Waals surface area contributed by atoms with E-state index in [4.69, 9.17) is 4.74 Å². The normalized spacial score (nSPS) is 20.0. The molecular formula is C13H15BrN2O. The molecule has 1 aliphatic heterocycles. The molecule has 1 aliphatic rings. The van der Waals surface area contributed by atoms with Gasteiger partial charge in [-0.05, 0) is 47.4 Å². The number of benzene rings is 1. The average molecular weight is 295 g/mol. The van der Waals surface area contributed by atoms with Crippen LogP contribution in [0.2, 0.25) is 0 Å². The molecule has 0 radical (unpaired) electrons. The van der Waals surface area contributed by atoms with E-state index >= 15 is 0 Å². The van der Waals surface area contributed by atoms with Crippen molar-refractivity contribution in [3.05, 3.63) is 28.4 Å². The average Bonchev–Trinajstić information content (AvgIpc) is 2.97. The van der Waals surface area contributed by atoms with Gasteiger partial charge in [0, 0.05) is 27.7 Å². The quantitative estimate of drug-likeness (QED) is 0.891. The lowest BCUT2D eigenvalue weighted by Gasteiger charge is -2.08. The summed E-state index contributed by atoms with van der Waals surface area (Å²) in [4.78, 5) is 3.49. The fraction of sp³-hybridized carbons (Fsp3) is 0.385. The van der Waals surface area contributed by atoms with Crippen molar-refractivity contribution in [1.82, 2.24) is 10.3 Å². The van der Waals surface area contributed by atoms with Crippen LogP contribution in [0.1, 0.15) is 24.6 Å². The minimum atomic E-state index is 0.447. The van der Waals surface area contributed by atoms with Gasteiger partial charge in [-0.15, -0.1) is 0 Å². The van der Waals surface area contributed by atoms with Crippen LogP contribution in [0, 0.1) is 0 Å². The maximum absolute atomic E-state index is 5.25. The number of ether oxygens (including phenoxy) is 1. The van der Waals surface area contributed by atoms with E-state index < -0.39 is 0 Å². The Bertz CT molecular complexity index is 544. The second kappa shape index (κ2) is 4.35. The smallest absolute Gasteiger partial charge is 0.120 e. The highest BCUT2D eigenvalue weighted by Crippen LogP contribution is 2.35. The predicted molar refractivity (Wildman–Crippen MR) is 72.5 cm³/mol. The van der Waals surface area contributed by atoms with Gasteiger partial charge < -0.3 is 15.0 Å². The number of methoxy groups -OCH3 is 1. The van der Waals surface area contributed by atoms with Gasteiger partial charge in [0.25, 0.3) is 0 Å². The molecule has 2 N–H and O–H groups in total. The van der Waals surface area contributed by atoms with Crippen LogP contribution in [0.4, 0.5) is 0 Å². The molecule has 1 aromatic heterocycles. The highest BCUT2D eigenvalue weighted by molar-refractivity contribution is 9.10. The van der Waals surface area contributed by atoms with E-state index in [-0.39, 0.29) is 0 Å². The minimum Gasteiger partial charge on any atom is -0.497 e. The standard InChI is InChI=1S/C13H15BrN2O/c1-17-8-4-5-9-11(7-8)16-13(12(9)14)10-3-2-6-15-10/h4-5,7,10,15-16H,2-3,6H2,1H3. The van der Waals surface area contributed by atoms with Crippen molar-refractivity contribution in [3.63, 3.8) is 0 Å². The first kappa shape index (κ1) is 11.1. The molecule has 1 fully saturated rings. The van der Waals surface area contributed by atoms with Crippen LogP contribution in [0.5, 0.6) is 5.75 Å². The zero-order valence-electron chi connectivity index (χ0n) is 9.72. The Balaban J connectivity index is 2.10. The van der Waals surface area contributed by atoms with Crippen LogP contribution >= 0.6 is 15.9 Å². The molecule has 0 amide bonds. The maximum Gasteiger partial charge on any atom is 0.120 e. The molecule has 2 aromatic rings. The molecule has 2 heterocycles. The Kier molecular flexibility index (Phi) is 2.84. The van der Waals surface area contributed by atoms with Gasteiger partial charge in [0.1, 0.15) is 5.75 Å². The molecule has 0 aliphatic carbocycles. The predicted octanol–water partition coefficient (Wildman–Crippen LogP) is 3.36. The van der Waals surface area contributed by atoms with Gasteiger partial charge in [-0.3, -0.25) is 0 Å². The number of H-pyrrole nitrogens is 1. The van der Waals surface area contributed by atoms with Crippen LogP contribution in [0.25, 0.3) is 10.9 Å². The van der Waals surface area contributed by atoms with Crippen molar-refractivity contribution >= 4 is 26.8 Å². The molecular weight excluding hydrogens is 280 g/mol. The van der Waals surface area contributed by atoms with Gasteiger partial charge in [0.15, 0.2) is 0 Å². The first-order valence-corrected chi connectivity index (χ1v) is 6.67. The summed E-state index contributed by atoms with van der Waals surface area (Å²) >= 11 is 3.70. The van der Waals surface area contributed by atoms with Crippen molar-refractivity contribution in [2.45, 2.75) is 18.9 Å². The minimum absolute atomic E-state index is 0.447. The maximum atomic E-state index is 5.25. The fourth-order valence-electron chi connectivity index (χ4n) is 2.46. The number of halogens is 1. The van der Waals surface area contributed by atoms with Gasteiger partial charge in [-0.25, -0.2) is 0 Å². The van der Waals surface area contributed by atoms with Crippen LogP contribution in [0.3, 0.4) is 0 Å². The lowest BCUT2D eigenvalue weighted by molar-refractivity contribution is 0.415. The zero-order valence-corrected chi connectivity index (χ0v) is 11.3. The molecule has 1 saturated heterocycles. The Morgan fingerprint density at radius 1 is 1.41 bits per heavy atom. The van der Waals surface area contributed by atoms with E-state index in [0.717, 1.165) is 17.8 Å². The highest BCUT2D eigenvalue weighted by atomic mass is 79.9. The Morgan fingerprint density at radius 3 is 3.00 bits per heavy atom. The summed E-state index contributed by atoms with van der Waals surface area (Å²) < 4.78 is 6.42. The molecule has 1 unspecified atom stereocenters. The Hall–Kier alpha value is -1.00. The number of nitrogens with one attached hydrogen (secondary N) is 2. The van der Waals surface area contributed by atoms with Crippen molar-refractivity contribution < 1.29 is 4.74 Å². The van der Waals surface area contributed by atoms with Crippen LogP contribution < -0.4 is 10.1 Å². The highest BCUT2D eigenvalue weighted by Gasteiger charge is 2.21. The summed E-state index contributed by atoms with van der Waals surface area (Å²) in [7, 11) is 1.69. The summed E-state index contributed by atoms with van der Waals surface area (Å²) in [5.41, 5.74) is 2.38. The molecule has 1 atom stereocenters. The molecule has 0 saturated carbocycles. The van der Waals surface area contributed by atoms with Crippen LogP contribution in [0.15, 0.2) is 22.7 Å². The largest absolute Gasteiger partial charge is 0.497 e. The Labute approximate surface area is 109 Å². The zero-order chi connectivity index (χ0) is 11.8. The van der Waals surface area contributed by atoms with E-state index in [1.54, 1.807) is 7.11 Å². The van der Waals surface area contributed by atoms with Crippen molar-refractivity contribution in [2.75, 3.05) is 13.7 Å². The van der Waals surface area contributed by atoms with Crippen molar-refractivity contribution in [3.8, 4) is 5.75 Å². The van der Waals surface area contributed by atoms with E-state index in [9.17, 15) is 0 Å². The SMILES string of the molecule is COc1ccc2c(Br)c(C3CCCN3)[nH]c2c1. The first-order chi connectivity index (χ1) is 8.29. The second-order valence-corrected chi connectivity index (χ2v) is 5.21. The molecule has 0 bridgehead atoms. The molecule has 17 heavy (non-hydrogen) atoms. The van der Waals surface area contributed by atoms with E-state index in [0.29, 0.717) is 6.04 Å². The van der Waals surface area contributed by atoms with E-state index in [1.165, 1.54) is 28.4 Å². The molecule has 3 rings (SSSR count). The first-order valence-electron chi connectivity index (χ1n) is 5.88. The monoisotopic (exact) mass is 294 g/mol. The number of rotatable bonds is 2. The molecule has 3 nitrogen and oxygen atoms in total. The number of fused-ring (bicyclic) bond motifs is 1. The summed E-state index contributed by atoms with van der Waals surface area (Å²) in [5.74, 6) is 0.886. The number of hydrogen-bond acceptors (Lipinski definition) is 2. The topological polar surface area (TPSA) is 37.0 Å². The van der Waals surface area contributed by atoms with Gasteiger partial charge in [-0.2, -0.15) is 0 Å². The molecule has 4 heteroatoms. The van der Waals surface area contributed by atoms with Gasteiger partial charge in [0.05, 0.1) is 12.6 Å². The van der Waals surface area contributed by atoms with Gasteiger partial charge >= 0.3 is 0 Å².